The number of carbonyl (C=O) groups is 1. The largest absolute Gasteiger partial charge is 0.473 e. The van der Waals surface area contributed by atoms with Gasteiger partial charge in [0.2, 0.25) is 11.2 Å². The number of hydrogen-bond acceptors (Lipinski definition) is 6. The SMILES string of the molecule is CC(Oc1c(-c2ccccc2Cl)oc2ccccc2c1=O)C(=O)Nc1nccs1. The van der Waals surface area contributed by atoms with Crippen LogP contribution in [-0.4, -0.2) is 17.0 Å². The number of fused-ring (bicyclic) bond motifs is 1. The fourth-order valence-electron chi connectivity index (χ4n) is 2.78. The van der Waals surface area contributed by atoms with Crippen LogP contribution in [0.5, 0.6) is 5.75 Å². The van der Waals surface area contributed by atoms with Crippen molar-refractivity contribution in [1.29, 1.82) is 0 Å². The minimum atomic E-state index is -0.968. The maximum atomic E-state index is 13.1. The molecule has 146 valence electrons. The number of amides is 1. The van der Waals surface area contributed by atoms with Crippen LogP contribution in [0.3, 0.4) is 0 Å². The van der Waals surface area contributed by atoms with E-state index in [-0.39, 0.29) is 16.9 Å². The Morgan fingerprint density at radius 2 is 1.97 bits per heavy atom. The van der Waals surface area contributed by atoms with E-state index in [4.69, 9.17) is 20.8 Å². The van der Waals surface area contributed by atoms with Crippen LogP contribution < -0.4 is 15.5 Å². The molecule has 6 nitrogen and oxygen atoms in total. The summed E-state index contributed by atoms with van der Waals surface area (Å²) in [6.07, 6.45) is 0.614. The number of ether oxygens (including phenoxy) is 1. The van der Waals surface area contributed by atoms with Crippen molar-refractivity contribution in [3.05, 3.63) is 75.4 Å². The first-order chi connectivity index (χ1) is 14.0. The van der Waals surface area contributed by atoms with Gasteiger partial charge in [-0.3, -0.25) is 14.9 Å². The van der Waals surface area contributed by atoms with E-state index in [0.29, 0.717) is 26.7 Å². The third-order valence-electron chi connectivity index (χ3n) is 4.20. The van der Waals surface area contributed by atoms with Crippen molar-refractivity contribution in [2.75, 3.05) is 5.32 Å². The zero-order chi connectivity index (χ0) is 20.4. The fraction of sp³-hybridized carbons (Fsp3) is 0.0952. The molecule has 0 saturated carbocycles. The van der Waals surface area contributed by atoms with Crippen LogP contribution in [0.15, 0.2) is 69.3 Å². The van der Waals surface area contributed by atoms with E-state index in [1.54, 1.807) is 67.0 Å². The summed E-state index contributed by atoms with van der Waals surface area (Å²) in [7, 11) is 0. The number of anilines is 1. The topological polar surface area (TPSA) is 81.4 Å². The Balaban J connectivity index is 1.78. The van der Waals surface area contributed by atoms with E-state index in [2.05, 4.69) is 10.3 Å². The van der Waals surface area contributed by atoms with Gasteiger partial charge in [0.1, 0.15) is 5.58 Å². The molecular formula is C21H15ClN2O4S. The molecule has 4 rings (SSSR count). The van der Waals surface area contributed by atoms with Crippen molar-refractivity contribution < 1.29 is 13.9 Å². The third-order valence-corrected chi connectivity index (χ3v) is 5.22. The van der Waals surface area contributed by atoms with Crippen LogP contribution in [0.1, 0.15) is 6.92 Å². The first-order valence-corrected chi connectivity index (χ1v) is 9.98. The monoisotopic (exact) mass is 426 g/mol. The van der Waals surface area contributed by atoms with E-state index in [0.717, 1.165) is 0 Å². The molecule has 0 radical (unpaired) electrons. The molecular weight excluding hydrogens is 412 g/mol. The van der Waals surface area contributed by atoms with Crippen molar-refractivity contribution in [1.82, 2.24) is 4.98 Å². The number of rotatable bonds is 5. The lowest BCUT2D eigenvalue weighted by Gasteiger charge is -2.16. The van der Waals surface area contributed by atoms with Crippen LogP contribution in [0.25, 0.3) is 22.3 Å². The smallest absolute Gasteiger partial charge is 0.266 e. The standard InChI is InChI=1S/C21H15ClN2O4S/c1-12(20(26)24-21-23-10-11-29-21)27-19-17(25)14-7-3-5-9-16(14)28-18(19)13-6-2-4-8-15(13)22/h2-12H,1H3,(H,23,24,26). The van der Waals surface area contributed by atoms with E-state index in [9.17, 15) is 9.59 Å². The second-order valence-corrected chi connectivity index (χ2v) is 7.45. The summed E-state index contributed by atoms with van der Waals surface area (Å²) in [6.45, 7) is 1.55. The third kappa shape index (κ3) is 3.87. The Labute approximate surface area is 174 Å². The summed E-state index contributed by atoms with van der Waals surface area (Å²) in [6, 6.07) is 13.8. The lowest BCUT2D eigenvalue weighted by atomic mass is 10.1. The number of aromatic nitrogens is 1. The number of carbonyl (C=O) groups excluding carboxylic acids is 1. The van der Waals surface area contributed by atoms with Crippen molar-refractivity contribution >= 4 is 44.9 Å². The molecule has 2 aromatic heterocycles. The Morgan fingerprint density at radius 1 is 1.21 bits per heavy atom. The highest BCUT2D eigenvalue weighted by molar-refractivity contribution is 7.13. The normalized spacial score (nSPS) is 11.9. The molecule has 1 unspecified atom stereocenters. The lowest BCUT2D eigenvalue weighted by molar-refractivity contribution is -0.122. The maximum absolute atomic E-state index is 13.1. The summed E-state index contributed by atoms with van der Waals surface area (Å²) in [5.41, 5.74) is 0.523. The van der Waals surface area contributed by atoms with Crippen molar-refractivity contribution in [3.8, 4) is 17.1 Å². The Hall–Kier alpha value is -3.16. The summed E-state index contributed by atoms with van der Waals surface area (Å²) in [4.78, 5) is 29.6. The highest BCUT2D eigenvalue weighted by atomic mass is 35.5. The number of nitrogens with one attached hydrogen (secondary N) is 1. The predicted octanol–water partition coefficient (Wildman–Crippen LogP) is 4.98. The molecule has 4 aromatic rings. The van der Waals surface area contributed by atoms with Crippen LogP contribution in [0.2, 0.25) is 5.02 Å². The summed E-state index contributed by atoms with van der Waals surface area (Å²) in [5, 5.41) is 5.60. The van der Waals surface area contributed by atoms with Gasteiger partial charge in [-0.15, -0.1) is 11.3 Å². The van der Waals surface area contributed by atoms with Gasteiger partial charge in [-0.25, -0.2) is 4.98 Å². The Morgan fingerprint density at radius 3 is 2.72 bits per heavy atom. The second-order valence-electron chi connectivity index (χ2n) is 6.15. The van der Waals surface area contributed by atoms with Crippen LogP contribution in [0.4, 0.5) is 5.13 Å². The molecule has 0 aliphatic carbocycles. The van der Waals surface area contributed by atoms with E-state index in [1.165, 1.54) is 11.3 Å². The molecule has 29 heavy (non-hydrogen) atoms. The van der Waals surface area contributed by atoms with Crippen molar-refractivity contribution in [3.63, 3.8) is 0 Å². The number of hydrogen-bond donors (Lipinski definition) is 1. The molecule has 0 saturated heterocycles. The molecule has 1 N–H and O–H groups in total. The molecule has 0 spiro atoms. The first-order valence-electron chi connectivity index (χ1n) is 8.72. The minimum absolute atomic E-state index is 0.0708. The Bertz CT molecular complexity index is 1240. The molecule has 1 amide bonds. The predicted molar refractivity (Wildman–Crippen MR) is 114 cm³/mol. The van der Waals surface area contributed by atoms with Crippen molar-refractivity contribution in [2.24, 2.45) is 0 Å². The fourth-order valence-corrected chi connectivity index (χ4v) is 3.53. The van der Waals surface area contributed by atoms with E-state index >= 15 is 0 Å². The molecule has 1 atom stereocenters. The van der Waals surface area contributed by atoms with Gasteiger partial charge in [0, 0.05) is 17.1 Å². The summed E-state index contributed by atoms with van der Waals surface area (Å²) in [5.74, 6) is -0.329. The zero-order valence-electron chi connectivity index (χ0n) is 15.2. The average molecular weight is 427 g/mol. The van der Waals surface area contributed by atoms with Gasteiger partial charge in [0.25, 0.3) is 5.91 Å². The quantitative estimate of drug-likeness (QED) is 0.487. The zero-order valence-corrected chi connectivity index (χ0v) is 16.8. The number of halogens is 1. The van der Waals surface area contributed by atoms with Crippen molar-refractivity contribution in [2.45, 2.75) is 13.0 Å². The van der Waals surface area contributed by atoms with Crippen LogP contribution in [0, 0.1) is 0 Å². The average Bonchev–Trinajstić information content (AvgIpc) is 3.23. The van der Waals surface area contributed by atoms with E-state index < -0.39 is 12.0 Å². The number of para-hydroxylation sites is 1. The van der Waals surface area contributed by atoms with Gasteiger partial charge in [0.05, 0.1) is 10.4 Å². The number of nitrogens with zero attached hydrogens (tertiary/aromatic N) is 1. The van der Waals surface area contributed by atoms with Crippen LogP contribution >= 0.6 is 22.9 Å². The minimum Gasteiger partial charge on any atom is -0.473 e. The molecule has 0 fully saturated rings. The summed E-state index contributed by atoms with van der Waals surface area (Å²) < 4.78 is 11.8. The van der Waals surface area contributed by atoms with E-state index in [1.807, 2.05) is 0 Å². The summed E-state index contributed by atoms with van der Waals surface area (Å²) >= 11 is 7.61. The highest BCUT2D eigenvalue weighted by Gasteiger charge is 2.24. The lowest BCUT2D eigenvalue weighted by Crippen LogP contribution is -2.31. The molecule has 0 aliphatic rings. The van der Waals surface area contributed by atoms with Gasteiger partial charge in [-0.2, -0.15) is 0 Å². The van der Waals surface area contributed by atoms with Gasteiger partial charge in [-0.05, 0) is 31.2 Å². The Kier molecular flexibility index (Phi) is 5.33. The van der Waals surface area contributed by atoms with Gasteiger partial charge >= 0.3 is 0 Å². The second kappa shape index (κ2) is 8.06. The number of thiazole rings is 1. The molecule has 2 aromatic carbocycles. The van der Waals surface area contributed by atoms with Crippen LogP contribution in [-0.2, 0) is 4.79 Å². The molecule has 0 aliphatic heterocycles. The first kappa shape index (κ1) is 19.2. The molecule has 8 heteroatoms. The van der Waals surface area contributed by atoms with Gasteiger partial charge in [-0.1, -0.05) is 35.9 Å². The highest BCUT2D eigenvalue weighted by Crippen LogP contribution is 2.35. The molecule has 0 bridgehead atoms. The number of benzene rings is 2. The molecule has 2 heterocycles. The van der Waals surface area contributed by atoms with Gasteiger partial charge in [0.15, 0.2) is 17.0 Å². The maximum Gasteiger partial charge on any atom is 0.266 e. The van der Waals surface area contributed by atoms with Gasteiger partial charge < -0.3 is 9.15 Å².